The molecule has 0 bridgehead atoms. The highest BCUT2D eigenvalue weighted by atomic mass is 32.1. The first-order valence-electron chi connectivity index (χ1n) is 8.36. The standard InChI is InChI=1S/C19H13FN4O3S2/c1-10(25)21-18-16(15-3-2-8-28-15)22-19(29-18)23-17(26)13-9-14(27-24-13)11-4-6-12(20)7-5-11/h2-9H,1H3,(H,21,25)(H,22,23,26). The van der Waals surface area contributed by atoms with Crippen molar-refractivity contribution in [1.82, 2.24) is 10.1 Å². The number of carbonyl (C=O) groups is 2. The van der Waals surface area contributed by atoms with Crippen molar-refractivity contribution in [3.05, 3.63) is 59.4 Å². The summed E-state index contributed by atoms with van der Waals surface area (Å²) in [7, 11) is 0. The molecule has 0 aliphatic heterocycles. The fourth-order valence-electron chi connectivity index (χ4n) is 2.49. The van der Waals surface area contributed by atoms with Crippen LogP contribution in [-0.2, 0) is 4.79 Å². The molecule has 1 aromatic carbocycles. The Kier molecular flexibility index (Phi) is 5.19. The predicted molar refractivity (Wildman–Crippen MR) is 110 cm³/mol. The van der Waals surface area contributed by atoms with Crippen LogP contribution in [0.4, 0.5) is 14.5 Å². The Labute approximate surface area is 172 Å². The molecular formula is C19H13FN4O3S2. The molecule has 0 fully saturated rings. The number of nitrogens with zero attached hydrogens (tertiary/aromatic N) is 2. The number of hydrogen-bond acceptors (Lipinski definition) is 7. The number of carbonyl (C=O) groups excluding carboxylic acids is 2. The average Bonchev–Trinajstić information content (AvgIpc) is 3.42. The minimum atomic E-state index is -0.511. The molecule has 3 aromatic heterocycles. The number of thiophene rings is 1. The van der Waals surface area contributed by atoms with E-state index in [9.17, 15) is 14.0 Å². The quantitative estimate of drug-likeness (QED) is 0.472. The van der Waals surface area contributed by atoms with Crippen LogP contribution in [0.2, 0.25) is 0 Å². The summed E-state index contributed by atoms with van der Waals surface area (Å²) in [5.74, 6) is -0.772. The summed E-state index contributed by atoms with van der Waals surface area (Å²) >= 11 is 2.62. The second kappa shape index (κ2) is 7.94. The highest BCUT2D eigenvalue weighted by Gasteiger charge is 2.19. The highest BCUT2D eigenvalue weighted by Crippen LogP contribution is 2.38. The number of amides is 2. The Bertz CT molecular complexity index is 1170. The van der Waals surface area contributed by atoms with E-state index in [0.29, 0.717) is 27.2 Å². The molecule has 0 spiro atoms. The SMILES string of the molecule is CC(=O)Nc1sc(NC(=O)c2cc(-c3ccc(F)cc3)on2)nc1-c1cccs1. The number of halogens is 1. The van der Waals surface area contributed by atoms with E-state index in [1.807, 2.05) is 17.5 Å². The Morgan fingerprint density at radius 2 is 1.93 bits per heavy atom. The number of thiazole rings is 1. The van der Waals surface area contributed by atoms with Crippen LogP contribution in [0.25, 0.3) is 21.9 Å². The number of anilines is 2. The van der Waals surface area contributed by atoms with E-state index in [1.165, 1.54) is 48.6 Å². The van der Waals surface area contributed by atoms with Crippen LogP contribution < -0.4 is 10.6 Å². The van der Waals surface area contributed by atoms with Crippen LogP contribution in [0.1, 0.15) is 17.4 Å². The van der Waals surface area contributed by atoms with Crippen molar-refractivity contribution in [1.29, 1.82) is 0 Å². The monoisotopic (exact) mass is 428 g/mol. The lowest BCUT2D eigenvalue weighted by Gasteiger charge is -1.99. The summed E-state index contributed by atoms with van der Waals surface area (Å²) < 4.78 is 18.2. The summed E-state index contributed by atoms with van der Waals surface area (Å²) in [6, 6.07) is 10.9. The number of rotatable bonds is 5. The third kappa shape index (κ3) is 4.23. The van der Waals surface area contributed by atoms with E-state index in [4.69, 9.17) is 4.52 Å². The zero-order valence-corrected chi connectivity index (χ0v) is 16.6. The number of hydrogen-bond donors (Lipinski definition) is 2. The van der Waals surface area contributed by atoms with Crippen LogP contribution in [0.5, 0.6) is 0 Å². The van der Waals surface area contributed by atoms with E-state index in [0.717, 1.165) is 16.2 Å². The van der Waals surface area contributed by atoms with Gasteiger partial charge in [0, 0.05) is 18.6 Å². The molecule has 7 nitrogen and oxygen atoms in total. The van der Waals surface area contributed by atoms with Crippen LogP contribution in [0.15, 0.2) is 52.4 Å². The topological polar surface area (TPSA) is 97.1 Å². The first-order valence-corrected chi connectivity index (χ1v) is 10.1. The number of aromatic nitrogens is 2. The van der Waals surface area contributed by atoms with Gasteiger partial charge in [-0.2, -0.15) is 0 Å². The molecule has 29 heavy (non-hydrogen) atoms. The van der Waals surface area contributed by atoms with Gasteiger partial charge in [-0.05, 0) is 35.7 Å². The van der Waals surface area contributed by atoms with Gasteiger partial charge in [0.2, 0.25) is 5.91 Å². The minimum Gasteiger partial charge on any atom is -0.355 e. The molecule has 10 heteroatoms. The number of nitrogens with one attached hydrogen (secondary N) is 2. The van der Waals surface area contributed by atoms with E-state index in [1.54, 1.807) is 0 Å². The molecule has 0 saturated carbocycles. The first-order chi connectivity index (χ1) is 14.0. The lowest BCUT2D eigenvalue weighted by molar-refractivity contribution is -0.114. The van der Waals surface area contributed by atoms with Crippen LogP contribution >= 0.6 is 22.7 Å². The predicted octanol–water partition coefficient (Wildman–Crippen LogP) is 4.88. The fraction of sp³-hybridized carbons (Fsp3) is 0.0526. The second-order valence-electron chi connectivity index (χ2n) is 5.89. The van der Waals surface area contributed by atoms with Gasteiger partial charge in [0.05, 0.1) is 4.88 Å². The van der Waals surface area contributed by atoms with Crippen molar-refractivity contribution >= 4 is 44.6 Å². The molecule has 4 rings (SSSR count). The van der Waals surface area contributed by atoms with Gasteiger partial charge in [-0.25, -0.2) is 9.37 Å². The van der Waals surface area contributed by atoms with Crippen LogP contribution in [0.3, 0.4) is 0 Å². The van der Waals surface area contributed by atoms with Gasteiger partial charge in [0.1, 0.15) is 16.5 Å². The Hall–Kier alpha value is -3.37. The van der Waals surface area contributed by atoms with Crippen molar-refractivity contribution in [3.8, 4) is 21.9 Å². The van der Waals surface area contributed by atoms with Gasteiger partial charge >= 0.3 is 0 Å². The molecule has 2 N–H and O–H groups in total. The molecule has 0 unspecified atom stereocenters. The Morgan fingerprint density at radius 3 is 2.62 bits per heavy atom. The van der Waals surface area contributed by atoms with Crippen molar-refractivity contribution in [2.45, 2.75) is 6.92 Å². The van der Waals surface area contributed by atoms with Gasteiger partial charge in [-0.15, -0.1) is 11.3 Å². The Morgan fingerprint density at radius 1 is 1.14 bits per heavy atom. The zero-order valence-electron chi connectivity index (χ0n) is 14.9. The molecule has 3 heterocycles. The normalized spacial score (nSPS) is 10.7. The van der Waals surface area contributed by atoms with Gasteiger partial charge in [0.15, 0.2) is 16.6 Å². The molecule has 2 amide bonds. The largest absolute Gasteiger partial charge is 0.355 e. The maximum Gasteiger partial charge on any atom is 0.279 e. The van der Waals surface area contributed by atoms with Gasteiger partial charge in [-0.3, -0.25) is 14.9 Å². The smallest absolute Gasteiger partial charge is 0.279 e. The van der Waals surface area contributed by atoms with Crippen molar-refractivity contribution in [2.24, 2.45) is 0 Å². The lowest BCUT2D eigenvalue weighted by Crippen LogP contribution is -2.11. The molecular weight excluding hydrogens is 415 g/mol. The molecule has 0 aliphatic rings. The minimum absolute atomic E-state index is 0.0540. The summed E-state index contributed by atoms with van der Waals surface area (Å²) in [6.45, 7) is 1.41. The maximum absolute atomic E-state index is 13.1. The molecule has 0 saturated heterocycles. The summed E-state index contributed by atoms with van der Waals surface area (Å²) in [5, 5.41) is 11.9. The van der Waals surface area contributed by atoms with Crippen molar-refractivity contribution in [3.63, 3.8) is 0 Å². The molecule has 0 aliphatic carbocycles. The van der Waals surface area contributed by atoms with E-state index >= 15 is 0 Å². The second-order valence-corrected chi connectivity index (χ2v) is 7.84. The highest BCUT2D eigenvalue weighted by molar-refractivity contribution is 7.21. The molecule has 0 atom stereocenters. The lowest BCUT2D eigenvalue weighted by atomic mass is 10.1. The fourth-order valence-corrected chi connectivity index (χ4v) is 4.20. The zero-order chi connectivity index (χ0) is 20.4. The molecule has 0 radical (unpaired) electrons. The molecule has 4 aromatic rings. The van der Waals surface area contributed by atoms with Gasteiger partial charge in [-0.1, -0.05) is 22.6 Å². The number of benzene rings is 1. The van der Waals surface area contributed by atoms with E-state index in [2.05, 4.69) is 20.8 Å². The molecule has 146 valence electrons. The summed E-state index contributed by atoms with van der Waals surface area (Å²) in [6.07, 6.45) is 0. The van der Waals surface area contributed by atoms with E-state index in [-0.39, 0.29) is 17.4 Å². The average molecular weight is 428 g/mol. The third-order valence-electron chi connectivity index (χ3n) is 3.76. The third-order valence-corrected chi connectivity index (χ3v) is 5.53. The van der Waals surface area contributed by atoms with Crippen molar-refractivity contribution < 1.29 is 18.5 Å². The van der Waals surface area contributed by atoms with E-state index < -0.39 is 5.91 Å². The maximum atomic E-state index is 13.1. The van der Waals surface area contributed by atoms with Crippen LogP contribution in [-0.4, -0.2) is 22.0 Å². The van der Waals surface area contributed by atoms with Gasteiger partial charge in [0.25, 0.3) is 5.91 Å². The van der Waals surface area contributed by atoms with Crippen LogP contribution in [0, 0.1) is 5.82 Å². The summed E-state index contributed by atoms with van der Waals surface area (Å²) in [5.41, 5.74) is 1.24. The van der Waals surface area contributed by atoms with Crippen molar-refractivity contribution in [2.75, 3.05) is 10.6 Å². The first kappa shape index (κ1) is 19.0. The Balaban J connectivity index is 1.55. The van der Waals surface area contributed by atoms with Gasteiger partial charge < -0.3 is 9.84 Å². The summed E-state index contributed by atoms with van der Waals surface area (Å²) in [4.78, 5) is 29.3.